The zero-order valence-corrected chi connectivity index (χ0v) is 14.2. The first-order valence-corrected chi connectivity index (χ1v) is 8.08. The molecule has 3 nitrogen and oxygen atoms in total. The molecule has 0 saturated heterocycles. The molecule has 1 amide bonds. The van der Waals surface area contributed by atoms with Gasteiger partial charge in [0.2, 0.25) is 0 Å². The number of fused-ring (bicyclic) bond motifs is 1. The summed E-state index contributed by atoms with van der Waals surface area (Å²) in [5.74, 6) is -0.0770. The maximum Gasteiger partial charge on any atom is 0.253 e. The Balaban J connectivity index is 1.69. The first-order valence-electron chi connectivity index (χ1n) is 7.32. The molecule has 0 bridgehead atoms. The Morgan fingerprint density at radius 2 is 1.96 bits per heavy atom. The van der Waals surface area contributed by atoms with Crippen LogP contribution in [0.4, 0.5) is 0 Å². The first kappa shape index (κ1) is 15.9. The van der Waals surface area contributed by atoms with Crippen molar-refractivity contribution in [3.05, 3.63) is 69.8 Å². The molecular weight excluding hydrogens is 331 g/mol. The standard InChI is InChI=1S/C18H16Cl2N2O/c1-22-11-15(14-4-2-3-5-17(14)22)18(23)21-9-8-12-6-7-13(19)10-16(12)20/h2-7,10-11H,8-9H2,1H3,(H,21,23). The third-order valence-corrected chi connectivity index (χ3v) is 4.42. The van der Waals surface area contributed by atoms with Crippen LogP contribution in [0.25, 0.3) is 10.9 Å². The second-order valence-corrected chi connectivity index (χ2v) is 6.26. The molecule has 0 aliphatic rings. The van der Waals surface area contributed by atoms with Crippen molar-refractivity contribution in [3.8, 4) is 0 Å². The molecule has 0 aliphatic carbocycles. The van der Waals surface area contributed by atoms with Crippen LogP contribution in [-0.2, 0) is 13.5 Å². The first-order chi connectivity index (χ1) is 11.1. The van der Waals surface area contributed by atoms with E-state index < -0.39 is 0 Å². The number of hydrogen-bond acceptors (Lipinski definition) is 1. The minimum Gasteiger partial charge on any atom is -0.352 e. The van der Waals surface area contributed by atoms with Gasteiger partial charge in [-0.2, -0.15) is 0 Å². The summed E-state index contributed by atoms with van der Waals surface area (Å²) in [4.78, 5) is 12.4. The summed E-state index contributed by atoms with van der Waals surface area (Å²) in [7, 11) is 1.94. The Kier molecular flexibility index (Phi) is 4.60. The number of carbonyl (C=O) groups is 1. The highest BCUT2D eigenvalue weighted by Crippen LogP contribution is 2.22. The summed E-state index contributed by atoms with van der Waals surface area (Å²) in [6.45, 7) is 0.517. The van der Waals surface area contributed by atoms with Crippen LogP contribution in [0, 0.1) is 0 Å². The quantitative estimate of drug-likeness (QED) is 0.743. The minimum absolute atomic E-state index is 0.0770. The molecule has 2 aromatic carbocycles. The van der Waals surface area contributed by atoms with E-state index in [9.17, 15) is 4.79 Å². The molecule has 1 N–H and O–H groups in total. The molecule has 0 radical (unpaired) electrons. The molecule has 3 aromatic rings. The Labute approximate surface area is 144 Å². The number of aryl methyl sites for hydroxylation is 1. The monoisotopic (exact) mass is 346 g/mol. The van der Waals surface area contributed by atoms with Crippen LogP contribution in [0.15, 0.2) is 48.7 Å². The lowest BCUT2D eigenvalue weighted by molar-refractivity contribution is 0.0955. The average molecular weight is 347 g/mol. The number of benzene rings is 2. The van der Waals surface area contributed by atoms with Crippen LogP contribution in [0.2, 0.25) is 10.0 Å². The summed E-state index contributed by atoms with van der Waals surface area (Å²) in [5, 5.41) is 5.14. The van der Waals surface area contributed by atoms with Gasteiger partial charge in [-0.3, -0.25) is 4.79 Å². The maximum absolute atomic E-state index is 12.4. The molecule has 5 heteroatoms. The van der Waals surface area contributed by atoms with Gasteiger partial charge in [-0.15, -0.1) is 0 Å². The minimum atomic E-state index is -0.0770. The molecule has 1 aromatic heterocycles. The molecule has 23 heavy (non-hydrogen) atoms. The number of para-hydroxylation sites is 1. The van der Waals surface area contributed by atoms with E-state index in [4.69, 9.17) is 23.2 Å². The Morgan fingerprint density at radius 3 is 2.74 bits per heavy atom. The molecule has 0 atom stereocenters. The summed E-state index contributed by atoms with van der Waals surface area (Å²) in [6, 6.07) is 13.3. The number of amides is 1. The van der Waals surface area contributed by atoms with E-state index in [1.54, 1.807) is 12.1 Å². The van der Waals surface area contributed by atoms with Crippen LogP contribution in [-0.4, -0.2) is 17.0 Å². The van der Waals surface area contributed by atoms with Gasteiger partial charge in [-0.1, -0.05) is 47.5 Å². The van der Waals surface area contributed by atoms with Crippen LogP contribution in [0.3, 0.4) is 0 Å². The fourth-order valence-electron chi connectivity index (χ4n) is 2.65. The lowest BCUT2D eigenvalue weighted by atomic mass is 10.1. The molecule has 0 aliphatic heterocycles. The van der Waals surface area contributed by atoms with E-state index in [1.165, 1.54) is 0 Å². The number of nitrogens with zero attached hydrogens (tertiary/aromatic N) is 1. The molecule has 0 fully saturated rings. The van der Waals surface area contributed by atoms with Crippen LogP contribution >= 0.6 is 23.2 Å². The Morgan fingerprint density at radius 1 is 1.17 bits per heavy atom. The highest BCUT2D eigenvalue weighted by Gasteiger charge is 2.13. The summed E-state index contributed by atoms with van der Waals surface area (Å²) in [6.07, 6.45) is 2.52. The van der Waals surface area contributed by atoms with E-state index in [0.717, 1.165) is 16.5 Å². The SMILES string of the molecule is Cn1cc(C(=O)NCCc2ccc(Cl)cc2Cl)c2ccccc21. The predicted octanol–water partition coefficient (Wildman–Crippen LogP) is 4.46. The lowest BCUT2D eigenvalue weighted by Crippen LogP contribution is -2.25. The van der Waals surface area contributed by atoms with Crippen molar-refractivity contribution in [2.75, 3.05) is 6.54 Å². The molecule has 0 spiro atoms. The van der Waals surface area contributed by atoms with Gasteiger partial charge < -0.3 is 9.88 Å². The number of halogens is 2. The van der Waals surface area contributed by atoms with E-state index in [1.807, 2.05) is 48.1 Å². The molecule has 118 valence electrons. The van der Waals surface area contributed by atoms with Gasteiger partial charge in [0.25, 0.3) is 5.91 Å². The largest absolute Gasteiger partial charge is 0.352 e. The normalized spacial score (nSPS) is 10.9. The number of carbonyl (C=O) groups excluding carboxylic acids is 1. The van der Waals surface area contributed by atoms with Gasteiger partial charge in [-0.05, 0) is 30.2 Å². The summed E-state index contributed by atoms with van der Waals surface area (Å²) >= 11 is 12.0. The second-order valence-electron chi connectivity index (χ2n) is 5.41. The molecular formula is C18H16Cl2N2O. The zero-order chi connectivity index (χ0) is 16.4. The van der Waals surface area contributed by atoms with Crippen molar-refractivity contribution < 1.29 is 4.79 Å². The highest BCUT2D eigenvalue weighted by atomic mass is 35.5. The zero-order valence-electron chi connectivity index (χ0n) is 12.6. The number of nitrogens with one attached hydrogen (secondary N) is 1. The molecule has 1 heterocycles. The van der Waals surface area contributed by atoms with Crippen LogP contribution in [0.5, 0.6) is 0 Å². The van der Waals surface area contributed by atoms with Crippen molar-refractivity contribution in [3.63, 3.8) is 0 Å². The van der Waals surface area contributed by atoms with Gasteiger partial charge in [0.1, 0.15) is 0 Å². The number of aromatic nitrogens is 1. The van der Waals surface area contributed by atoms with Crippen LogP contribution in [0.1, 0.15) is 15.9 Å². The third-order valence-electron chi connectivity index (χ3n) is 3.84. The smallest absolute Gasteiger partial charge is 0.253 e. The fourth-order valence-corrected chi connectivity index (χ4v) is 3.16. The molecule has 3 rings (SSSR count). The predicted molar refractivity (Wildman–Crippen MR) is 95.4 cm³/mol. The van der Waals surface area contributed by atoms with Crippen molar-refractivity contribution in [2.45, 2.75) is 6.42 Å². The number of rotatable bonds is 4. The second kappa shape index (κ2) is 6.65. The van der Waals surface area contributed by atoms with Crippen molar-refractivity contribution in [1.82, 2.24) is 9.88 Å². The van der Waals surface area contributed by atoms with Gasteiger partial charge in [0, 0.05) is 40.7 Å². The fraction of sp³-hybridized carbons (Fsp3) is 0.167. The average Bonchev–Trinajstić information content (AvgIpc) is 2.87. The number of hydrogen-bond donors (Lipinski definition) is 1. The van der Waals surface area contributed by atoms with Gasteiger partial charge >= 0.3 is 0 Å². The van der Waals surface area contributed by atoms with E-state index in [-0.39, 0.29) is 5.91 Å². The van der Waals surface area contributed by atoms with Gasteiger partial charge in [-0.25, -0.2) is 0 Å². The van der Waals surface area contributed by atoms with E-state index in [0.29, 0.717) is 28.6 Å². The lowest BCUT2D eigenvalue weighted by Gasteiger charge is -2.06. The Hall–Kier alpha value is -1.97. The van der Waals surface area contributed by atoms with Crippen molar-refractivity contribution >= 4 is 40.0 Å². The van der Waals surface area contributed by atoms with Crippen molar-refractivity contribution in [2.24, 2.45) is 7.05 Å². The topological polar surface area (TPSA) is 34.0 Å². The highest BCUT2D eigenvalue weighted by molar-refractivity contribution is 6.35. The third kappa shape index (κ3) is 3.36. The maximum atomic E-state index is 12.4. The summed E-state index contributed by atoms with van der Waals surface area (Å²) in [5.41, 5.74) is 2.69. The molecule has 0 saturated carbocycles. The van der Waals surface area contributed by atoms with Gasteiger partial charge in [0.05, 0.1) is 5.56 Å². The van der Waals surface area contributed by atoms with Crippen LogP contribution < -0.4 is 5.32 Å². The molecule has 0 unspecified atom stereocenters. The van der Waals surface area contributed by atoms with E-state index >= 15 is 0 Å². The van der Waals surface area contributed by atoms with Crippen molar-refractivity contribution in [1.29, 1.82) is 0 Å². The van der Waals surface area contributed by atoms with Gasteiger partial charge in [0.15, 0.2) is 0 Å². The van der Waals surface area contributed by atoms with E-state index in [2.05, 4.69) is 5.32 Å². The Bertz CT molecular complexity index is 871. The summed E-state index contributed by atoms with van der Waals surface area (Å²) < 4.78 is 1.96.